The summed E-state index contributed by atoms with van der Waals surface area (Å²) in [7, 11) is 0. The summed E-state index contributed by atoms with van der Waals surface area (Å²) in [5, 5.41) is 15.1. The molecule has 1 aromatic rings. The highest BCUT2D eigenvalue weighted by atomic mass is 32.1. The molecule has 6 nitrogen and oxygen atoms in total. The standard InChI is InChI=1S/C28H46N2O4S/c1-2-3-4-5-6-7-8-9-10-11-15-21-26(35)29-22-17-16-20-25(27(31)32)30-28(33)34-23-24-18-13-12-14-19-24/h12-14,18-19,25H,2-11,15-17,20-23H2,1H3,(H,29,35)(H,30,33)(H,31,32). The van der Waals surface area contributed by atoms with E-state index in [0.717, 1.165) is 36.4 Å². The summed E-state index contributed by atoms with van der Waals surface area (Å²) in [6, 6.07) is 8.32. The Morgan fingerprint density at radius 2 is 1.49 bits per heavy atom. The third-order valence-electron chi connectivity index (χ3n) is 6.05. The van der Waals surface area contributed by atoms with Gasteiger partial charge >= 0.3 is 12.1 Å². The van der Waals surface area contributed by atoms with Gasteiger partial charge in [0.15, 0.2) is 0 Å². The van der Waals surface area contributed by atoms with Gasteiger partial charge in [-0.25, -0.2) is 9.59 Å². The number of benzene rings is 1. The number of carboxylic acid groups (broad SMARTS) is 1. The van der Waals surface area contributed by atoms with Crippen molar-refractivity contribution < 1.29 is 19.4 Å². The summed E-state index contributed by atoms with van der Waals surface area (Å²) >= 11 is 5.41. The number of alkyl carbamates (subject to hydrolysis) is 1. The molecule has 0 aliphatic rings. The zero-order valence-electron chi connectivity index (χ0n) is 21.6. The highest BCUT2D eigenvalue weighted by Gasteiger charge is 2.20. The van der Waals surface area contributed by atoms with Crippen LogP contribution in [-0.2, 0) is 16.1 Å². The minimum Gasteiger partial charge on any atom is -0.480 e. The topological polar surface area (TPSA) is 87.7 Å². The average Bonchev–Trinajstić information content (AvgIpc) is 2.85. The van der Waals surface area contributed by atoms with Crippen LogP contribution in [-0.4, -0.2) is 34.7 Å². The molecule has 0 fully saturated rings. The molecule has 0 aromatic heterocycles. The molecule has 0 bridgehead atoms. The number of amides is 1. The third kappa shape index (κ3) is 17.9. The lowest BCUT2D eigenvalue weighted by molar-refractivity contribution is -0.139. The van der Waals surface area contributed by atoms with Crippen molar-refractivity contribution in [3.8, 4) is 0 Å². The predicted molar refractivity (Wildman–Crippen MR) is 147 cm³/mol. The number of thiocarbonyl (C=S) groups is 1. The molecule has 0 saturated carbocycles. The van der Waals surface area contributed by atoms with Gasteiger partial charge in [0.2, 0.25) is 0 Å². The minimum atomic E-state index is -1.05. The molecule has 35 heavy (non-hydrogen) atoms. The second-order valence-electron chi connectivity index (χ2n) is 9.23. The molecule has 1 atom stereocenters. The van der Waals surface area contributed by atoms with E-state index >= 15 is 0 Å². The molecule has 1 unspecified atom stereocenters. The highest BCUT2D eigenvalue weighted by molar-refractivity contribution is 7.80. The first-order valence-corrected chi connectivity index (χ1v) is 13.9. The average molecular weight is 507 g/mol. The fourth-order valence-electron chi connectivity index (χ4n) is 3.90. The molecule has 0 aliphatic heterocycles. The number of carboxylic acids is 1. The van der Waals surface area contributed by atoms with E-state index < -0.39 is 18.1 Å². The van der Waals surface area contributed by atoms with Crippen molar-refractivity contribution in [2.45, 2.75) is 116 Å². The maximum atomic E-state index is 11.9. The SMILES string of the molecule is CCCCCCCCCCCCCC(=S)NCCCCC(NC(=O)OCc1ccccc1)C(=O)O. The van der Waals surface area contributed by atoms with Crippen LogP contribution < -0.4 is 10.6 Å². The number of nitrogens with one attached hydrogen (secondary N) is 2. The molecule has 0 heterocycles. The van der Waals surface area contributed by atoms with Gasteiger partial charge in [-0.2, -0.15) is 0 Å². The quantitative estimate of drug-likeness (QED) is 0.121. The van der Waals surface area contributed by atoms with Gasteiger partial charge in [0.25, 0.3) is 0 Å². The normalized spacial score (nSPS) is 11.6. The Labute approximate surface area is 217 Å². The van der Waals surface area contributed by atoms with E-state index in [2.05, 4.69) is 17.6 Å². The zero-order chi connectivity index (χ0) is 25.6. The van der Waals surface area contributed by atoms with Crippen LogP contribution in [0.3, 0.4) is 0 Å². The Morgan fingerprint density at radius 3 is 2.09 bits per heavy atom. The molecular formula is C28H46N2O4S. The van der Waals surface area contributed by atoms with E-state index in [-0.39, 0.29) is 6.61 Å². The molecule has 1 rings (SSSR count). The summed E-state index contributed by atoms with van der Waals surface area (Å²) in [5.41, 5.74) is 0.852. The lowest BCUT2D eigenvalue weighted by atomic mass is 10.1. The molecule has 7 heteroatoms. The summed E-state index contributed by atoms with van der Waals surface area (Å²) in [5.74, 6) is -1.05. The molecule has 198 valence electrons. The van der Waals surface area contributed by atoms with E-state index in [1.807, 2.05) is 30.3 Å². The van der Waals surface area contributed by atoms with Crippen molar-refractivity contribution in [1.82, 2.24) is 10.6 Å². The fourth-order valence-corrected chi connectivity index (χ4v) is 4.15. The van der Waals surface area contributed by atoms with E-state index in [9.17, 15) is 14.7 Å². The van der Waals surface area contributed by atoms with Crippen LogP contribution in [0.2, 0.25) is 0 Å². The molecule has 0 radical (unpaired) electrons. The van der Waals surface area contributed by atoms with Crippen LogP contribution >= 0.6 is 12.2 Å². The summed E-state index contributed by atoms with van der Waals surface area (Å²) < 4.78 is 5.12. The van der Waals surface area contributed by atoms with Gasteiger partial charge in [0, 0.05) is 6.54 Å². The van der Waals surface area contributed by atoms with Gasteiger partial charge in [-0.05, 0) is 37.7 Å². The third-order valence-corrected chi connectivity index (χ3v) is 6.40. The number of ether oxygens (including phenoxy) is 1. The van der Waals surface area contributed by atoms with Crippen LogP contribution in [0, 0.1) is 0 Å². The first-order valence-electron chi connectivity index (χ1n) is 13.5. The molecular weight excluding hydrogens is 460 g/mol. The number of hydrogen-bond acceptors (Lipinski definition) is 4. The Morgan fingerprint density at radius 1 is 0.886 bits per heavy atom. The lowest BCUT2D eigenvalue weighted by Crippen LogP contribution is -2.41. The molecule has 0 spiro atoms. The molecule has 3 N–H and O–H groups in total. The van der Waals surface area contributed by atoms with Gasteiger partial charge in [-0.15, -0.1) is 0 Å². The van der Waals surface area contributed by atoms with Gasteiger partial charge in [-0.3, -0.25) is 0 Å². The number of hydrogen-bond donors (Lipinski definition) is 3. The van der Waals surface area contributed by atoms with Crippen molar-refractivity contribution in [1.29, 1.82) is 0 Å². The lowest BCUT2D eigenvalue weighted by Gasteiger charge is -2.15. The van der Waals surface area contributed by atoms with Crippen molar-refractivity contribution in [3.63, 3.8) is 0 Å². The van der Waals surface area contributed by atoms with Crippen molar-refractivity contribution in [2.24, 2.45) is 0 Å². The van der Waals surface area contributed by atoms with Crippen molar-refractivity contribution >= 4 is 29.3 Å². The predicted octanol–water partition coefficient (Wildman–Crippen LogP) is 7.15. The van der Waals surface area contributed by atoms with Crippen LogP contribution in [0.25, 0.3) is 0 Å². The van der Waals surface area contributed by atoms with E-state index in [1.54, 1.807) is 0 Å². The first kappa shape index (κ1) is 30.9. The van der Waals surface area contributed by atoms with Crippen LogP contribution in [0.4, 0.5) is 4.79 Å². The van der Waals surface area contributed by atoms with Crippen LogP contribution in [0.1, 0.15) is 109 Å². The second kappa shape index (κ2) is 21.2. The monoisotopic (exact) mass is 506 g/mol. The summed E-state index contributed by atoms with van der Waals surface area (Å²) in [6.45, 7) is 3.09. The van der Waals surface area contributed by atoms with Gasteiger partial charge in [0.1, 0.15) is 12.6 Å². The zero-order valence-corrected chi connectivity index (χ0v) is 22.4. The number of aliphatic carboxylic acids is 1. The van der Waals surface area contributed by atoms with Crippen LogP contribution in [0.5, 0.6) is 0 Å². The molecule has 1 amide bonds. The van der Waals surface area contributed by atoms with Crippen LogP contribution in [0.15, 0.2) is 30.3 Å². The Balaban J connectivity index is 2.00. The maximum Gasteiger partial charge on any atom is 0.408 e. The van der Waals surface area contributed by atoms with Crippen molar-refractivity contribution in [2.75, 3.05) is 6.54 Å². The fraction of sp³-hybridized carbons (Fsp3) is 0.679. The number of unbranched alkanes of at least 4 members (excludes halogenated alkanes) is 11. The van der Waals surface area contributed by atoms with Gasteiger partial charge in [-0.1, -0.05) is 114 Å². The Kier molecular flexibility index (Phi) is 18.7. The number of carbonyl (C=O) groups is 2. The molecule has 0 aliphatic carbocycles. The summed E-state index contributed by atoms with van der Waals surface area (Å²) in [6.07, 6.45) is 16.6. The molecule has 0 saturated heterocycles. The maximum absolute atomic E-state index is 11.9. The van der Waals surface area contributed by atoms with E-state index in [0.29, 0.717) is 12.8 Å². The van der Waals surface area contributed by atoms with Crippen molar-refractivity contribution in [3.05, 3.63) is 35.9 Å². The Hall–Kier alpha value is -2.15. The Bertz CT molecular complexity index is 699. The van der Waals surface area contributed by atoms with E-state index in [1.165, 1.54) is 64.2 Å². The largest absolute Gasteiger partial charge is 0.480 e. The number of carbonyl (C=O) groups excluding carboxylic acids is 1. The van der Waals surface area contributed by atoms with Gasteiger partial charge in [0.05, 0.1) is 4.99 Å². The van der Waals surface area contributed by atoms with E-state index in [4.69, 9.17) is 17.0 Å². The van der Waals surface area contributed by atoms with Gasteiger partial charge < -0.3 is 20.5 Å². The smallest absolute Gasteiger partial charge is 0.408 e. The first-order chi connectivity index (χ1) is 17.0. The minimum absolute atomic E-state index is 0.111. The second-order valence-corrected chi connectivity index (χ2v) is 9.72. The molecule has 1 aromatic carbocycles. The highest BCUT2D eigenvalue weighted by Crippen LogP contribution is 2.12. The summed E-state index contributed by atoms with van der Waals surface area (Å²) in [4.78, 5) is 24.3. The number of rotatable bonds is 21.